The van der Waals surface area contributed by atoms with Crippen LogP contribution >= 0.6 is 0 Å². The Bertz CT molecular complexity index is 201. The van der Waals surface area contributed by atoms with Gasteiger partial charge in [0.1, 0.15) is 0 Å². The van der Waals surface area contributed by atoms with E-state index in [1.54, 1.807) is 0 Å². The summed E-state index contributed by atoms with van der Waals surface area (Å²) in [5, 5.41) is 9.01. The molecule has 1 unspecified atom stereocenters. The summed E-state index contributed by atoms with van der Waals surface area (Å²) in [7, 11) is 0. The molecule has 2 rings (SSSR count). The molecular formula is C10H17NO2. The minimum atomic E-state index is 0.231. The molecule has 1 atom stereocenters. The molecule has 0 spiro atoms. The summed E-state index contributed by atoms with van der Waals surface area (Å²) < 4.78 is 0. The number of aliphatic hydroxyl groups is 1. The number of carbonyl (C=O) groups excluding carboxylic acids is 1. The third-order valence-electron chi connectivity index (χ3n) is 3.02. The van der Waals surface area contributed by atoms with Crippen molar-refractivity contribution in [3.8, 4) is 0 Å². The third-order valence-corrected chi connectivity index (χ3v) is 3.02. The van der Waals surface area contributed by atoms with Crippen LogP contribution in [0.5, 0.6) is 0 Å². The fourth-order valence-corrected chi connectivity index (χ4v) is 2.00. The molecule has 0 aromatic carbocycles. The normalized spacial score (nSPS) is 29.0. The lowest BCUT2D eigenvalue weighted by Gasteiger charge is -2.31. The van der Waals surface area contributed by atoms with Crippen LogP contribution in [-0.2, 0) is 4.79 Å². The summed E-state index contributed by atoms with van der Waals surface area (Å²) in [6, 6.07) is 0. The maximum Gasteiger partial charge on any atom is 0.225 e. The van der Waals surface area contributed by atoms with Crippen molar-refractivity contribution >= 4 is 5.91 Å². The van der Waals surface area contributed by atoms with E-state index in [9.17, 15) is 4.79 Å². The Morgan fingerprint density at radius 1 is 1.38 bits per heavy atom. The highest BCUT2D eigenvalue weighted by atomic mass is 16.3. The quantitative estimate of drug-likeness (QED) is 0.682. The Morgan fingerprint density at radius 3 is 2.77 bits per heavy atom. The number of hydrogen-bond donors (Lipinski definition) is 1. The second-order valence-corrected chi connectivity index (χ2v) is 4.25. The zero-order valence-electron chi connectivity index (χ0n) is 7.91. The number of amides is 1. The van der Waals surface area contributed by atoms with Crippen LogP contribution in [0.25, 0.3) is 0 Å². The molecule has 2 aliphatic rings. The van der Waals surface area contributed by atoms with Crippen LogP contribution in [0, 0.1) is 11.8 Å². The van der Waals surface area contributed by atoms with Crippen molar-refractivity contribution in [3.63, 3.8) is 0 Å². The van der Waals surface area contributed by atoms with E-state index in [1.807, 2.05) is 4.90 Å². The molecule has 0 aromatic rings. The zero-order chi connectivity index (χ0) is 9.26. The Morgan fingerprint density at radius 2 is 2.15 bits per heavy atom. The van der Waals surface area contributed by atoms with Gasteiger partial charge in [-0.3, -0.25) is 4.79 Å². The molecule has 1 aliphatic heterocycles. The summed E-state index contributed by atoms with van der Waals surface area (Å²) in [5.41, 5.74) is 0. The Hall–Kier alpha value is -0.570. The van der Waals surface area contributed by atoms with E-state index in [-0.39, 0.29) is 6.61 Å². The van der Waals surface area contributed by atoms with E-state index in [0.717, 1.165) is 38.8 Å². The molecule has 0 bridgehead atoms. The van der Waals surface area contributed by atoms with Crippen LogP contribution in [0.15, 0.2) is 0 Å². The first-order valence-electron chi connectivity index (χ1n) is 5.21. The van der Waals surface area contributed by atoms with Crippen LogP contribution in [0.2, 0.25) is 0 Å². The monoisotopic (exact) mass is 183 g/mol. The van der Waals surface area contributed by atoms with Crippen molar-refractivity contribution in [3.05, 3.63) is 0 Å². The summed E-state index contributed by atoms with van der Waals surface area (Å²) >= 11 is 0. The molecule has 1 N–H and O–H groups in total. The highest BCUT2D eigenvalue weighted by Gasteiger charge is 2.35. The number of hydrogen-bond acceptors (Lipinski definition) is 2. The van der Waals surface area contributed by atoms with Gasteiger partial charge in [0.05, 0.1) is 0 Å². The maximum atomic E-state index is 11.7. The van der Waals surface area contributed by atoms with E-state index < -0.39 is 0 Å². The molecule has 1 heterocycles. The van der Waals surface area contributed by atoms with E-state index >= 15 is 0 Å². The van der Waals surface area contributed by atoms with Gasteiger partial charge in [0.25, 0.3) is 0 Å². The van der Waals surface area contributed by atoms with Gasteiger partial charge < -0.3 is 10.0 Å². The van der Waals surface area contributed by atoms with Gasteiger partial charge in [-0.25, -0.2) is 0 Å². The van der Waals surface area contributed by atoms with E-state index in [0.29, 0.717) is 17.7 Å². The lowest BCUT2D eigenvalue weighted by atomic mass is 9.99. The largest absolute Gasteiger partial charge is 0.396 e. The van der Waals surface area contributed by atoms with Crippen LogP contribution in [0.3, 0.4) is 0 Å². The lowest BCUT2D eigenvalue weighted by molar-refractivity contribution is -0.134. The molecule has 3 heteroatoms. The highest BCUT2D eigenvalue weighted by Crippen LogP contribution is 2.32. The average Bonchev–Trinajstić information content (AvgIpc) is 3.00. The van der Waals surface area contributed by atoms with Crippen molar-refractivity contribution in [2.24, 2.45) is 11.8 Å². The molecule has 2 fully saturated rings. The Balaban J connectivity index is 1.87. The topological polar surface area (TPSA) is 40.5 Å². The zero-order valence-corrected chi connectivity index (χ0v) is 7.91. The Kier molecular flexibility index (Phi) is 2.54. The first kappa shape index (κ1) is 9.00. The SMILES string of the molecule is O=C(C1CC1)N1CCCC(CO)C1. The second kappa shape index (κ2) is 3.66. The Labute approximate surface area is 78.7 Å². The minimum absolute atomic E-state index is 0.231. The predicted octanol–water partition coefficient (Wildman–Crippen LogP) is 0.627. The number of carbonyl (C=O) groups is 1. The van der Waals surface area contributed by atoms with Crippen molar-refractivity contribution in [2.45, 2.75) is 25.7 Å². The second-order valence-electron chi connectivity index (χ2n) is 4.25. The number of likely N-dealkylation sites (tertiary alicyclic amines) is 1. The highest BCUT2D eigenvalue weighted by molar-refractivity contribution is 5.81. The molecule has 0 radical (unpaired) electrons. The summed E-state index contributed by atoms with van der Waals surface area (Å²) in [6.45, 7) is 1.92. The van der Waals surface area contributed by atoms with Gasteiger partial charge in [0, 0.05) is 25.6 Å². The van der Waals surface area contributed by atoms with Crippen molar-refractivity contribution in [1.82, 2.24) is 4.90 Å². The minimum Gasteiger partial charge on any atom is -0.396 e. The van der Waals surface area contributed by atoms with E-state index in [2.05, 4.69) is 0 Å². The summed E-state index contributed by atoms with van der Waals surface area (Å²) in [4.78, 5) is 13.6. The summed E-state index contributed by atoms with van der Waals surface area (Å²) in [5.74, 6) is 0.993. The third kappa shape index (κ3) is 2.02. The molecule has 74 valence electrons. The van der Waals surface area contributed by atoms with E-state index in [1.165, 1.54) is 0 Å². The molecular weight excluding hydrogens is 166 g/mol. The molecule has 1 aliphatic carbocycles. The predicted molar refractivity (Wildman–Crippen MR) is 49.1 cm³/mol. The fraction of sp³-hybridized carbons (Fsp3) is 0.900. The van der Waals surface area contributed by atoms with Crippen LogP contribution in [0.4, 0.5) is 0 Å². The van der Waals surface area contributed by atoms with Crippen molar-refractivity contribution in [1.29, 1.82) is 0 Å². The van der Waals surface area contributed by atoms with Crippen molar-refractivity contribution < 1.29 is 9.90 Å². The standard InChI is InChI=1S/C10H17NO2/c12-7-8-2-1-5-11(6-8)10(13)9-3-4-9/h8-9,12H,1-7H2. The van der Waals surface area contributed by atoms with Crippen molar-refractivity contribution in [2.75, 3.05) is 19.7 Å². The summed E-state index contributed by atoms with van der Waals surface area (Å²) in [6.07, 6.45) is 4.30. The van der Waals surface area contributed by atoms with Gasteiger partial charge in [0.15, 0.2) is 0 Å². The molecule has 0 aromatic heterocycles. The molecule has 3 nitrogen and oxygen atoms in total. The van der Waals surface area contributed by atoms with Crippen LogP contribution in [0.1, 0.15) is 25.7 Å². The molecule has 1 amide bonds. The number of aliphatic hydroxyl groups excluding tert-OH is 1. The average molecular weight is 183 g/mol. The van der Waals surface area contributed by atoms with Crippen LogP contribution in [-0.4, -0.2) is 35.6 Å². The molecule has 13 heavy (non-hydrogen) atoms. The van der Waals surface area contributed by atoms with Gasteiger partial charge in [-0.1, -0.05) is 0 Å². The van der Waals surface area contributed by atoms with Crippen LogP contribution < -0.4 is 0 Å². The van der Waals surface area contributed by atoms with Gasteiger partial charge in [-0.15, -0.1) is 0 Å². The first-order valence-corrected chi connectivity index (χ1v) is 5.21. The van der Waals surface area contributed by atoms with Gasteiger partial charge >= 0.3 is 0 Å². The van der Waals surface area contributed by atoms with Gasteiger partial charge in [-0.2, -0.15) is 0 Å². The first-order chi connectivity index (χ1) is 6.31. The lowest BCUT2D eigenvalue weighted by Crippen LogP contribution is -2.41. The molecule has 1 saturated heterocycles. The smallest absolute Gasteiger partial charge is 0.225 e. The number of piperidine rings is 1. The van der Waals surface area contributed by atoms with Gasteiger partial charge in [-0.05, 0) is 31.6 Å². The fourth-order valence-electron chi connectivity index (χ4n) is 2.00. The van der Waals surface area contributed by atoms with Gasteiger partial charge in [0.2, 0.25) is 5.91 Å². The van der Waals surface area contributed by atoms with E-state index in [4.69, 9.17) is 5.11 Å². The number of rotatable bonds is 2. The molecule has 1 saturated carbocycles. The number of nitrogens with zero attached hydrogens (tertiary/aromatic N) is 1. The maximum absolute atomic E-state index is 11.7.